The number of hydrogen-bond donors (Lipinski definition) is 1. The highest BCUT2D eigenvalue weighted by Gasteiger charge is 2.31. The number of carbonyl (C=O) groups excluding carboxylic acids is 2. The first-order chi connectivity index (χ1) is 13.5. The highest BCUT2D eigenvalue weighted by atomic mass is 127. The minimum atomic E-state index is -0.238. The molecule has 0 aromatic heterocycles. The number of nitrogens with one attached hydrogen (secondary N) is 1. The molecule has 2 aliphatic heterocycles. The first-order valence-corrected chi connectivity index (χ1v) is 10.3. The van der Waals surface area contributed by atoms with Crippen LogP contribution in [0.15, 0.2) is 4.99 Å². The van der Waals surface area contributed by atoms with Gasteiger partial charge in [-0.3, -0.25) is 14.7 Å². The van der Waals surface area contributed by atoms with E-state index in [2.05, 4.69) is 20.1 Å². The minimum Gasteiger partial charge on any atom is -0.450 e. The van der Waals surface area contributed by atoms with Gasteiger partial charge in [-0.2, -0.15) is 0 Å². The Bertz CT molecular complexity index is 552. The molecule has 0 aromatic carbocycles. The monoisotopic (exact) mass is 524 g/mol. The van der Waals surface area contributed by atoms with E-state index in [-0.39, 0.29) is 42.0 Å². The summed E-state index contributed by atoms with van der Waals surface area (Å²) in [6.45, 7) is 7.70. The van der Waals surface area contributed by atoms with Crippen molar-refractivity contribution in [3.8, 4) is 0 Å². The molecule has 1 unspecified atom stereocenters. The number of halogens is 1. The Morgan fingerprint density at radius 1 is 1.14 bits per heavy atom. The fraction of sp³-hybridized carbons (Fsp3) is 0.842. The summed E-state index contributed by atoms with van der Waals surface area (Å²) in [7, 11) is 5.43. The zero-order valence-corrected chi connectivity index (χ0v) is 20.6. The van der Waals surface area contributed by atoms with Gasteiger partial charge in [-0.15, -0.1) is 24.0 Å². The average molecular weight is 524 g/mol. The van der Waals surface area contributed by atoms with Crippen LogP contribution in [0, 0.1) is 0 Å². The van der Waals surface area contributed by atoms with Crippen LogP contribution in [0.1, 0.15) is 26.2 Å². The van der Waals surface area contributed by atoms with Crippen LogP contribution in [0.25, 0.3) is 0 Å². The standard InChI is InChI=1S/C19H36N6O3.HI/c1-5-28-19(27)25-14-12-24(13-15-25)18(20-2)21-9-7-11-23-10-6-8-16(23)17(26)22(3)4;/h16H,5-15H2,1-4H3,(H,20,21);1H. The molecule has 2 saturated heterocycles. The lowest BCUT2D eigenvalue weighted by molar-refractivity contribution is -0.133. The Kier molecular flexibility index (Phi) is 11.6. The van der Waals surface area contributed by atoms with Crippen LogP contribution in [-0.4, -0.2) is 117 Å². The van der Waals surface area contributed by atoms with Crippen molar-refractivity contribution in [2.45, 2.75) is 32.2 Å². The van der Waals surface area contributed by atoms with Gasteiger partial charge in [0.1, 0.15) is 0 Å². The zero-order chi connectivity index (χ0) is 20.5. The second-order valence-electron chi connectivity index (χ2n) is 7.43. The number of likely N-dealkylation sites (tertiary alicyclic amines) is 1. The van der Waals surface area contributed by atoms with Crippen LogP contribution in [0.5, 0.6) is 0 Å². The fourth-order valence-corrected chi connectivity index (χ4v) is 3.80. The molecule has 2 fully saturated rings. The maximum atomic E-state index is 12.3. The van der Waals surface area contributed by atoms with Crippen LogP contribution >= 0.6 is 24.0 Å². The van der Waals surface area contributed by atoms with E-state index in [1.807, 2.05) is 21.0 Å². The third kappa shape index (κ3) is 7.47. The number of ether oxygens (including phenoxy) is 1. The number of likely N-dealkylation sites (N-methyl/N-ethyl adjacent to an activating group) is 1. The van der Waals surface area contributed by atoms with Gasteiger partial charge in [0.05, 0.1) is 12.6 Å². The molecule has 2 rings (SSSR count). The van der Waals surface area contributed by atoms with E-state index in [9.17, 15) is 9.59 Å². The second-order valence-corrected chi connectivity index (χ2v) is 7.43. The quantitative estimate of drug-likeness (QED) is 0.241. The summed E-state index contributed by atoms with van der Waals surface area (Å²) >= 11 is 0. The first-order valence-electron chi connectivity index (χ1n) is 10.3. The van der Waals surface area contributed by atoms with Gasteiger partial charge in [0.2, 0.25) is 5.91 Å². The first kappa shape index (κ1) is 25.7. The Morgan fingerprint density at radius 3 is 2.38 bits per heavy atom. The number of aliphatic imine (C=N–C) groups is 1. The largest absolute Gasteiger partial charge is 0.450 e. The van der Waals surface area contributed by atoms with Gasteiger partial charge in [-0.25, -0.2) is 4.79 Å². The predicted molar refractivity (Wildman–Crippen MR) is 125 cm³/mol. The molecular weight excluding hydrogens is 487 g/mol. The van der Waals surface area contributed by atoms with Gasteiger partial charge in [0.25, 0.3) is 0 Å². The highest BCUT2D eigenvalue weighted by molar-refractivity contribution is 14.0. The maximum absolute atomic E-state index is 12.3. The van der Waals surface area contributed by atoms with E-state index >= 15 is 0 Å². The molecule has 29 heavy (non-hydrogen) atoms. The number of rotatable bonds is 6. The smallest absolute Gasteiger partial charge is 0.409 e. The van der Waals surface area contributed by atoms with Gasteiger partial charge in [-0.05, 0) is 32.7 Å². The number of hydrogen-bond acceptors (Lipinski definition) is 5. The number of amides is 2. The molecule has 0 aromatic rings. The number of carbonyl (C=O) groups is 2. The van der Waals surface area contributed by atoms with Crippen LogP contribution in [-0.2, 0) is 9.53 Å². The number of guanidine groups is 1. The molecule has 2 heterocycles. The Hall–Kier alpha value is -1.30. The highest BCUT2D eigenvalue weighted by Crippen LogP contribution is 2.18. The Balaban J connectivity index is 0.00000420. The number of piperazine rings is 1. The molecule has 2 aliphatic rings. The van der Waals surface area contributed by atoms with Crippen molar-refractivity contribution in [3.05, 3.63) is 0 Å². The average Bonchev–Trinajstić information content (AvgIpc) is 3.16. The summed E-state index contributed by atoms with van der Waals surface area (Å²) in [6.07, 6.45) is 2.76. The van der Waals surface area contributed by atoms with E-state index in [1.54, 1.807) is 16.8 Å². The Morgan fingerprint density at radius 2 is 1.79 bits per heavy atom. The molecule has 168 valence electrons. The summed E-state index contributed by atoms with van der Waals surface area (Å²) in [4.78, 5) is 36.4. The van der Waals surface area contributed by atoms with E-state index < -0.39 is 0 Å². The molecule has 0 saturated carbocycles. The molecule has 0 spiro atoms. The summed E-state index contributed by atoms with van der Waals surface area (Å²) in [5.74, 6) is 1.08. The topological polar surface area (TPSA) is 80.7 Å². The lowest BCUT2D eigenvalue weighted by atomic mass is 10.2. The molecule has 2 amide bonds. The summed E-state index contributed by atoms with van der Waals surface area (Å²) in [5.41, 5.74) is 0. The van der Waals surface area contributed by atoms with Crippen molar-refractivity contribution in [2.75, 3.05) is 73.6 Å². The molecule has 1 N–H and O–H groups in total. The molecular formula is C19H37IN6O3. The summed E-state index contributed by atoms with van der Waals surface area (Å²) in [6, 6.07) is 0.0327. The normalized spacial score (nSPS) is 20.3. The lowest BCUT2D eigenvalue weighted by Gasteiger charge is -2.36. The summed E-state index contributed by atoms with van der Waals surface area (Å²) < 4.78 is 5.06. The minimum absolute atomic E-state index is 0. The van der Waals surface area contributed by atoms with Crippen LogP contribution in [0.3, 0.4) is 0 Å². The van der Waals surface area contributed by atoms with Crippen molar-refractivity contribution < 1.29 is 14.3 Å². The van der Waals surface area contributed by atoms with Crippen molar-refractivity contribution in [3.63, 3.8) is 0 Å². The third-order valence-corrected chi connectivity index (χ3v) is 5.31. The summed E-state index contributed by atoms with van der Waals surface area (Å²) in [5, 5.41) is 3.42. The van der Waals surface area contributed by atoms with Crippen molar-refractivity contribution in [1.82, 2.24) is 24.9 Å². The third-order valence-electron chi connectivity index (χ3n) is 5.31. The SMILES string of the molecule is CCOC(=O)N1CCN(C(=NC)NCCCN2CCCC2C(=O)N(C)C)CC1.I. The lowest BCUT2D eigenvalue weighted by Crippen LogP contribution is -2.54. The van der Waals surface area contributed by atoms with Crippen LogP contribution < -0.4 is 5.32 Å². The van der Waals surface area contributed by atoms with Gasteiger partial charge >= 0.3 is 6.09 Å². The van der Waals surface area contributed by atoms with Crippen molar-refractivity contribution >= 4 is 41.9 Å². The van der Waals surface area contributed by atoms with Crippen molar-refractivity contribution in [2.24, 2.45) is 4.99 Å². The van der Waals surface area contributed by atoms with Crippen molar-refractivity contribution in [1.29, 1.82) is 0 Å². The molecule has 0 radical (unpaired) electrons. The molecule has 0 bridgehead atoms. The van der Waals surface area contributed by atoms with E-state index in [0.29, 0.717) is 19.7 Å². The molecule has 9 nitrogen and oxygen atoms in total. The molecule has 10 heteroatoms. The van der Waals surface area contributed by atoms with Crippen LogP contribution in [0.4, 0.5) is 4.79 Å². The fourth-order valence-electron chi connectivity index (χ4n) is 3.80. The maximum Gasteiger partial charge on any atom is 0.409 e. The van der Waals surface area contributed by atoms with E-state index in [4.69, 9.17) is 4.74 Å². The second kappa shape index (κ2) is 13.1. The van der Waals surface area contributed by atoms with Gasteiger partial charge in [0.15, 0.2) is 5.96 Å². The molecule has 0 aliphatic carbocycles. The zero-order valence-electron chi connectivity index (χ0n) is 18.2. The van der Waals surface area contributed by atoms with E-state index in [0.717, 1.165) is 57.9 Å². The van der Waals surface area contributed by atoms with E-state index in [1.165, 1.54) is 0 Å². The predicted octanol–water partition coefficient (Wildman–Crippen LogP) is 0.897. The van der Waals surface area contributed by atoms with Gasteiger partial charge < -0.3 is 24.8 Å². The van der Waals surface area contributed by atoms with Gasteiger partial charge in [-0.1, -0.05) is 0 Å². The molecule has 1 atom stereocenters. The van der Waals surface area contributed by atoms with Crippen LogP contribution in [0.2, 0.25) is 0 Å². The Labute approximate surface area is 191 Å². The van der Waals surface area contributed by atoms with Gasteiger partial charge in [0, 0.05) is 60.4 Å². The number of nitrogens with zero attached hydrogens (tertiary/aromatic N) is 5.